The van der Waals surface area contributed by atoms with E-state index in [0.29, 0.717) is 16.7 Å². The number of halogens is 2. The number of amides is 1. The van der Waals surface area contributed by atoms with Gasteiger partial charge in [0, 0.05) is 24.5 Å². The number of carbonyl (C=O) groups is 1. The summed E-state index contributed by atoms with van der Waals surface area (Å²) >= 11 is 0. The topological polar surface area (TPSA) is 32.8 Å². The quantitative estimate of drug-likeness (QED) is 0.440. The van der Waals surface area contributed by atoms with E-state index in [-0.39, 0.29) is 24.6 Å². The fourth-order valence-electron chi connectivity index (χ4n) is 4.70. The molecule has 0 aliphatic carbocycles. The Balaban J connectivity index is 1.40. The van der Waals surface area contributed by atoms with E-state index in [1.807, 2.05) is 54.6 Å². The van der Waals surface area contributed by atoms with Crippen LogP contribution in [-0.4, -0.2) is 19.0 Å². The molecule has 34 heavy (non-hydrogen) atoms. The first-order valence-electron chi connectivity index (χ1n) is 11.7. The number of hydrogen-bond acceptors (Lipinski definition) is 3. The maximum atomic E-state index is 15.5. The molecule has 176 valence electrons. The third kappa shape index (κ3) is 4.25. The molecule has 0 bridgehead atoms. The van der Waals surface area contributed by atoms with Gasteiger partial charge in [0.2, 0.25) is 5.91 Å². The lowest BCUT2D eigenvalue weighted by atomic mass is 9.82. The minimum atomic E-state index is -0.848. The second-order valence-corrected chi connectivity index (χ2v) is 9.86. The standard InChI is InChI=1S/C28H28F2N2O2/c1-28(2)12-14-31(15-13-28)21-8-10-22(11-9-21)32-24(33)17-20-16-23(29)27(25(30)26(20)32)34-18-19-6-4-3-5-7-19/h3-11,16H,12-15,17-18H2,1-2H3. The first-order chi connectivity index (χ1) is 16.3. The van der Waals surface area contributed by atoms with Gasteiger partial charge in [0.25, 0.3) is 0 Å². The molecule has 0 unspecified atom stereocenters. The average molecular weight is 463 g/mol. The van der Waals surface area contributed by atoms with Crippen LogP contribution in [0.25, 0.3) is 0 Å². The molecule has 0 saturated carbocycles. The summed E-state index contributed by atoms with van der Waals surface area (Å²) in [6.07, 6.45) is 2.19. The van der Waals surface area contributed by atoms with Gasteiger partial charge in [-0.2, -0.15) is 0 Å². The molecule has 2 heterocycles. The molecule has 3 aromatic rings. The van der Waals surface area contributed by atoms with Crippen LogP contribution < -0.4 is 14.5 Å². The Hall–Kier alpha value is -3.41. The van der Waals surface area contributed by atoms with Crippen LogP contribution >= 0.6 is 0 Å². The molecule has 6 heteroatoms. The molecule has 2 aliphatic heterocycles. The zero-order valence-electron chi connectivity index (χ0n) is 19.5. The van der Waals surface area contributed by atoms with Crippen LogP contribution in [0.2, 0.25) is 0 Å². The molecule has 0 N–H and O–H groups in total. The number of ether oxygens (including phenoxy) is 1. The van der Waals surface area contributed by atoms with Gasteiger partial charge in [0.1, 0.15) is 6.61 Å². The molecule has 2 aliphatic rings. The van der Waals surface area contributed by atoms with Crippen LogP contribution in [0.3, 0.4) is 0 Å². The lowest BCUT2D eigenvalue weighted by Crippen LogP contribution is -2.37. The van der Waals surface area contributed by atoms with Gasteiger partial charge in [0.15, 0.2) is 17.4 Å². The highest BCUT2D eigenvalue weighted by Gasteiger charge is 2.35. The van der Waals surface area contributed by atoms with Crippen molar-refractivity contribution in [3.05, 3.63) is 83.4 Å². The summed E-state index contributed by atoms with van der Waals surface area (Å²) in [6, 6.07) is 18.0. The Morgan fingerprint density at radius 1 is 0.941 bits per heavy atom. The van der Waals surface area contributed by atoms with Gasteiger partial charge >= 0.3 is 0 Å². The van der Waals surface area contributed by atoms with Gasteiger partial charge in [-0.15, -0.1) is 0 Å². The average Bonchev–Trinajstić information content (AvgIpc) is 3.15. The number of benzene rings is 3. The summed E-state index contributed by atoms with van der Waals surface area (Å²) in [5.74, 6) is -2.40. The van der Waals surface area contributed by atoms with Crippen molar-refractivity contribution in [3.8, 4) is 5.75 Å². The summed E-state index contributed by atoms with van der Waals surface area (Å²) in [5, 5.41) is 0. The summed E-state index contributed by atoms with van der Waals surface area (Å²) in [5.41, 5.74) is 3.19. The third-order valence-electron chi connectivity index (χ3n) is 6.86. The van der Waals surface area contributed by atoms with Gasteiger partial charge in [-0.3, -0.25) is 9.69 Å². The molecule has 5 rings (SSSR count). The van der Waals surface area contributed by atoms with E-state index < -0.39 is 17.4 Å². The second-order valence-electron chi connectivity index (χ2n) is 9.86. The molecular formula is C28H28F2N2O2. The Morgan fingerprint density at radius 3 is 2.26 bits per heavy atom. The van der Waals surface area contributed by atoms with E-state index in [0.717, 1.165) is 37.2 Å². The molecule has 0 spiro atoms. The van der Waals surface area contributed by atoms with Crippen molar-refractivity contribution in [2.24, 2.45) is 5.41 Å². The van der Waals surface area contributed by atoms with Gasteiger partial charge in [-0.05, 0) is 59.7 Å². The minimum Gasteiger partial charge on any atom is -0.483 e. The monoisotopic (exact) mass is 462 g/mol. The minimum absolute atomic E-state index is 0.0305. The van der Waals surface area contributed by atoms with E-state index in [4.69, 9.17) is 4.74 Å². The Kier molecular flexibility index (Phi) is 5.76. The van der Waals surface area contributed by atoms with Crippen LogP contribution in [0.4, 0.5) is 25.8 Å². The maximum absolute atomic E-state index is 15.5. The van der Waals surface area contributed by atoms with Crippen LogP contribution in [-0.2, 0) is 17.8 Å². The fraction of sp³-hybridized carbons (Fsp3) is 0.321. The van der Waals surface area contributed by atoms with E-state index >= 15 is 4.39 Å². The fourth-order valence-corrected chi connectivity index (χ4v) is 4.70. The van der Waals surface area contributed by atoms with E-state index in [2.05, 4.69) is 18.7 Å². The third-order valence-corrected chi connectivity index (χ3v) is 6.86. The van der Waals surface area contributed by atoms with Crippen LogP contribution in [0.15, 0.2) is 60.7 Å². The molecule has 3 aromatic carbocycles. The molecule has 1 amide bonds. The zero-order chi connectivity index (χ0) is 23.9. The normalized spacial score (nSPS) is 17.1. The van der Waals surface area contributed by atoms with Crippen molar-refractivity contribution in [1.82, 2.24) is 0 Å². The summed E-state index contributed by atoms with van der Waals surface area (Å²) in [7, 11) is 0. The number of rotatable bonds is 5. The molecule has 1 saturated heterocycles. The van der Waals surface area contributed by atoms with Crippen molar-refractivity contribution >= 4 is 23.0 Å². The van der Waals surface area contributed by atoms with Crippen molar-refractivity contribution in [2.75, 3.05) is 22.9 Å². The Labute approximate surface area is 198 Å². The largest absolute Gasteiger partial charge is 0.483 e. The highest BCUT2D eigenvalue weighted by atomic mass is 19.1. The van der Waals surface area contributed by atoms with Gasteiger partial charge in [-0.25, -0.2) is 8.78 Å². The van der Waals surface area contributed by atoms with Crippen LogP contribution in [0.5, 0.6) is 5.75 Å². The molecule has 4 nitrogen and oxygen atoms in total. The summed E-state index contributed by atoms with van der Waals surface area (Å²) in [6.45, 7) is 6.57. The van der Waals surface area contributed by atoms with E-state index in [9.17, 15) is 9.18 Å². The molecule has 0 atom stereocenters. The SMILES string of the molecule is CC1(C)CCN(c2ccc(N3C(=O)Cc4cc(F)c(OCc5ccccc5)c(F)c43)cc2)CC1. The maximum Gasteiger partial charge on any atom is 0.236 e. The molecular weight excluding hydrogens is 434 g/mol. The van der Waals surface area contributed by atoms with E-state index in [1.54, 1.807) is 0 Å². The summed E-state index contributed by atoms with van der Waals surface area (Å²) in [4.78, 5) is 16.5. The highest BCUT2D eigenvalue weighted by Crippen LogP contribution is 2.43. The van der Waals surface area contributed by atoms with Gasteiger partial charge in [0.05, 0.1) is 12.1 Å². The number of hydrogen-bond donors (Lipinski definition) is 0. The van der Waals surface area contributed by atoms with Gasteiger partial charge < -0.3 is 9.64 Å². The second kappa shape index (κ2) is 8.75. The number of anilines is 3. The molecule has 1 fully saturated rings. The van der Waals surface area contributed by atoms with Gasteiger partial charge in [-0.1, -0.05) is 44.2 Å². The van der Waals surface area contributed by atoms with E-state index in [1.165, 1.54) is 11.0 Å². The molecule has 0 aromatic heterocycles. The number of nitrogens with zero attached hydrogens (tertiary/aromatic N) is 2. The Morgan fingerprint density at radius 2 is 1.59 bits per heavy atom. The number of piperidine rings is 1. The van der Waals surface area contributed by atoms with Crippen LogP contribution in [0.1, 0.15) is 37.8 Å². The predicted octanol–water partition coefficient (Wildman–Crippen LogP) is 6.39. The van der Waals surface area contributed by atoms with Crippen molar-refractivity contribution < 1.29 is 18.3 Å². The lowest BCUT2D eigenvalue weighted by Gasteiger charge is -2.38. The first kappa shape index (κ1) is 22.4. The Bertz CT molecular complexity index is 1200. The van der Waals surface area contributed by atoms with Crippen molar-refractivity contribution in [1.29, 1.82) is 0 Å². The van der Waals surface area contributed by atoms with Crippen molar-refractivity contribution in [3.63, 3.8) is 0 Å². The van der Waals surface area contributed by atoms with Crippen LogP contribution in [0, 0.1) is 17.0 Å². The first-order valence-corrected chi connectivity index (χ1v) is 11.7. The number of carbonyl (C=O) groups excluding carboxylic acids is 1. The number of fused-ring (bicyclic) bond motifs is 1. The zero-order valence-corrected chi connectivity index (χ0v) is 19.5. The summed E-state index contributed by atoms with van der Waals surface area (Å²) < 4.78 is 35.7. The van der Waals surface area contributed by atoms with Crippen molar-refractivity contribution in [2.45, 2.75) is 39.7 Å². The molecule has 0 radical (unpaired) electrons. The lowest BCUT2D eigenvalue weighted by molar-refractivity contribution is -0.116. The predicted molar refractivity (Wildman–Crippen MR) is 130 cm³/mol. The smallest absolute Gasteiger partial charge is 0.236 e. The highest BCUT2D eigenvalue weighted by molar-refractivity contribution is 6.07.